The number of ether oxygens (including phenoxy) is 1. The Hall–Kier alpha value is -0.610. The topological polar surface area (TPSA) is 32.8 Å². The van der Waals surface area contributed by atoms with Crippen LogP contribution < -0.4 is 0 Å². The van der Waals surface area contributed by atoms with Gasteiger partial charge in [-0.05, 0) is 37.6 Å². The molecule has 4 heteroatoms. The minimum absolute atomic E-state index is 0.340. The molecule has 2 aliphatic heterocycles. The maximum Gasteiger partial charge on any atom is 0.222 e. The van der Waals surface area contributed by atoms with Gasteiger partial charge in [-0.15, -0.1) is 0 Å². The summed E-state index contributed by atoms with van der Waals surface area (Å²) in [5, 5.41) is 0. The van der Waals surface area contributed by atoms with Crippen LogP contribution in [0.2, 0.25) is 0 Å². The molecule has 2 saturated heterocycles. The summed E-state index contributed by atoms with van der Waals surface area (Å²) in [6.45, 7) is 11.3. The summed E-state index contributed by atoms with van der Waals surface area (Å²) in [6.07, 6.45) is 4.06. The highest BCUT2D eigenvalue weighted by Crippen LogP contribution is 2.19. The molecule has 0 radical (unpaired) electrons. The van der Waals surface area contributed by atoms with Crippen LogP contribution in [0.4, 0.5) is 0 Å². The third kappa shape index (κ3) is 5.06. The first-order valence-corrected chi connectivity index (χ1v) is 8.23. The minimum atomic E-state index is 0.340. The van der Waals surface area contributed by atoms with Crippen LogP contribution in [0.5, 0.6) is 0 Å². The predicted octanol–water partition coefficient (Wildman–Crippen LogP) is 1.99. The summed E-state index contributed by atoms with van der Waals surface area (Å²) < 4.78 is 5.48. The van der Waals surface area contributed by atoms with E-state index in [1.165, 1.54) is 0 Å². The summed E-state index contributed by atoms with van der Waals surface area (Å²) in [6, 6.07) is 0. The number of carbonyl (C=O) groups is 1. The largest absolute Gasteiger partial charge is 0.381 e. The van der Waals surface area contributed by atoms with Gasteiger partial charge in [-0.3, -0.25) is 4.79 Å². The molecule has 1 unspecified atom stereocenters. The number of carbonyl (C=O) groups excluding carboxylic acids is 1. The Morgan fingerprint density at radius 3 is 2.75 bits per heavy atom. The van der Waals surface area contributed by atoms with Crippen LogP contribution in [0, 0.1) is 11.8 Å². The van der Waals surface area contributed by atoms with Crippen molar-refractivity contribution in [2.24, 2.45) is 11.8 Å². The highest BCUT2D eigenvalue weighted by atomic mass is 16.5. The van der Waals surface area contributed by atoms with Crippen molar-refractivity contribution in [1.29, 1.82) is 0 Å². The zero-order valence-electron chi connectivity index (χ0n) is 13.1. The van der Waals surface area contributed by atoms with Gasteiger partial charge in [0, 0.05) is 45.8 Å². The Kier molecular flexibility index (Phi) is 6.30. The summed E-state index contributed by atoms with van der Waals surface area (Å²) in [5.74, 6) is 1.50. The Bertz CT molecular complexity index is 301. The SMILES string of the molecule is CC(C)CN1CCCN(C(=O)CC2CCCOC2)CC1. The van der Waals surface area contributed by atoms with Gasteiger partial charge in [0.05, 0.1) is 0 Å². The van der Waals surface area contributed by atoms with E-state index in [1.54, 1.807) is 0 Å². The molecule has 20 heavy (non-hydrogen) atoms. The lowest BCUT2D eigenvalue weighted by atomic mass is 9.98. The smallest absolute Gasteiger partial charge is 0.222 e. The van der Waals surface area contributed by atoms with Gasteiger partial charge in [0.1, 0.15) is 0 Å². The summed E-state index contributed by atoms with van der Waals surface area (Å²) in [7, 11) is 0. The van der Waals surface area contributed by atoms with Gasteiger partial charge in [0.15, 0.2) is 0 Å². The lowest BCUT2D eigenvalue weighted by Gasteiger charge is -2.26. The molecule has 0 spiro atoms. The van der Waals surface area contributed by atoms with Gasteiger partial charge >= 0.3 is 0 Å². The molecule has 0 N–H and O–H groups in total. The molecule has 0 saturated carbocycles. The van der Waals surface area contributed by atoms with Gasteiger partial charge in [-0.2, -0.15) is 0 Å². The Morgan fingerprint density at radius 1 is 1.20 bits per heavy atom. The Morgan fingerprint density at radius 2 is 2.05 bits per heavy atom. The molecule has 4 nitrogen and oxygen atoms in total. The van der Waals surface area contributed by atoms with E-state index in [2.05, 4.69) is 23.6 Å². The molecule has 2 rings (SSSR count). The highest BCUT2D eigenvalue weighted by molar-refractivity contribution is 5.76. The standard InChI is InChI=1S/C16H30N2O2/c1-14(2)12-17-6-4-7-18(9-8-17)16(19)11-15-5-3-10-20-13-15/h14-15H,3-13H2,1-2H3. The number of rotatable bonds is 4. The maximum atomic E-state index is 12.4. The van der Waals surface area contributed by atoms with Crippen LogP contribution in [0.15, 0.2) is 0 Å². The van der Waals surface area contributed by atoms with Gasteiger partial charge in [-0.25, -0.2) is 0 Å². The number of nitrogens with zero attached hydrogens (tertiary/aromatic N) is 2. The van der Waals surface area contributed by atoms with Crippen LogP contribution in [-0.2, 0) is 9.53 Å². The third-order valence-corrected chi connectivity index (χ3v) is 4.28. The highest BCUT2D eigenvalue weighted by Gasteiger charge is 2.23. The lowest BCUT2D eigenvalue weighted by molar-refractivity contribution is -0.133. The van der Waals surface area contributed by atoms with Crippen molar-refractivity contribution in [3.05, 3.63) is 0 Å². The fourth-order valence-corrected chi connectivity index (χ4v) is 3.26. The van der Waals surface area contributed by atoms with E-state index >= 15 is 0 Å². The number of amides is 1. The lowest BCUT2D eigenvalue weighted by Crippen LogP contribution is -2.37. The van der Waals surface area contributed by atoms with Crippen molar-refractivity contribution in [1.82, 2.24) is 9.80 Å². The summed E-state index contributed by atoms with van der Waals surface area (Å²) in [5.41, 5.74) is 0. The van der Waals surface area contributed by atoms with Crippen LogP contribution in [0.25, 0.3) is 0 Å². The van der Waals surface area contributed by atoms with Crippen molar-refractivity contribution in [3.63, 3.8) is 0 Å². The molecular weight excluding hydrogens is 252 g/mol. The van der Waals surface area contributed by atoms with Gasteiger partial charge in [0.25, 0.3) is 0 Å². The van der Waals surface area contributed by atoms with E-state index in [0.717, 1.165) is 65.2 Å². The zero-order chi connectivity index (χ0) is 14.4. The molecule has 1 atom stereocenters. The Balaban J connectivity index is 1.75. The maximum absolute atomic E-state index is 12.4. The fourth-order valence-electron chi connectivity index (χ4n) is 3.26. The second-order valence-corrected chi connectivity index (χ2v) is 6.72. The molecule has 0 aromatic rings. The fraction of sp³-hybridized carbons (Fsp3) is 0.938. The number of hydrogen-bond acceptors (Lipinski definition) is 3. The minimum Gasteiger partial charge on any atom is -0.381 e. The van der Waals surface area contributed by atoms with Crippen molar-refractivity contribution in [2.45, 2.75) is 39.5 Å². The number of hydrogen-bond donors (Lipinski definition) is 0. The van der Waals surface area contributed by atoms with Crippen LogP contribution in [0.3, 0.4) is 0 Å². The van der Waals surface area contributed by atoms with E-state index in [1.807, 2.05) is 0 Å². The molecule has 2 aliphatic rings. The van der Waals surface area contributed by atoms with Crippen molar-refractivity contribution in [2.75, 3.05) is 45.9 Å². The van der Waals surface area contributed by atoms with Gasteiger partial charge < -0.3 is 14.5 Å². The monoisotopic (exact) mass is 282 g/mol. The average Bonchev–Trinajstić information content (AvgIpc) is 2.65. The summed E-state index contributed by atoms with van der Waals surface area (Å²) in [4.78, 5) is 17.0. The third-order valence-electron chi connectivity index (χ3n) is 4.28. The second kappa shape index (κ2) is 7.99. The van der Waals surface area contributed by atoms with Crippen LogP contribution in [-0.4, -0.2) is 61.6 Å². The quantitative estimate of drug-likeness (QED) is 0.790. The second-order valence-electron chi connectivity index (χ2n) is 6.72. The van der Waals surface area contributed by atoms with E-state index in [0.29, 0.717) is 24.2 Å². The zero-order valence-corrected chi connectivity index (χ0v) is 13.1. The Labute approximate surface area is 123 Å². The van der Waals surface area contributed by atoms with Gasteiger partial charge in [-0.1, -0.05) is 13.8 Å². The van der Waals surface area contributed by atoms with Crippen LogP contribution >= 0.6 is 0 Å². The molecule has 0 bridgehead atoms. The van der Waals surface area contributed by atoms with Crippen LogP contribution in [0.1, 0.15) is 39.5 Å². The van der Waals surface area contributed by atoms with E-state index in [4.69, 9.17) is 4.74 Å². The molecule has 0 aromatic carbocycles. The molecule has 2 fully saturated rings. The molecule has 0 aromatic heterocycles. The molecule has 1 amide bonds. The van der Waals surface area contributed by atoms with Crippen molar-refractivity contribution >= 4 is 5.91 Å². The van der Waals surface area contributed by atoms with E-state index in [-0.39, 0.29) is 0 Å². The normalized spacial score (nSPS) is 25.8. The first-order valence-electron chi connectivity index (χ1n) is 8.23. The molecule has 2 heterocycles. The molecule has 0 aliphatic carbocycles. The van der Waals surface area contributed by atoms with Crippen molar-refractivity contribution in [3.8, 4) is 0 Å². The first kappa shape index (κ1) is 15.8. The first-order chi connectivity index (χ1) is 9.65. The van der Waals surface area contributed by atoms with E-state index in [9.17, 15) is 4.79 Å². The van der Waals surface area contributed by atoms with E-state index < -0.39 is 0 Å². The predicted molar refractivity (Wildman–Crippen MR) is 80.6 cm³/mol. The molecular formula is C16H30N2O2. The molecule has 116 valence electrons. The summed E-state index contributed by atoms with van der Waals surface area (Å²) >= 11 is 0. The van der Waals surface area contributed by atoms with Gasteiger partial charge in [0.2, 0.25) is 5.91 Å². The average molecular weight is 282 g/mol. The van der Waals surface area contributed by atoms with Crippen molar-refractivity contribution < 1.29 is 9.53 Å².